The maximum absolute atomic E-state index is 13.6. The Morgan fingerprint density at radius 2 is 2.06 bits per heavy atom. The number of rotatable bonds is 3. The van der Waals surface area contributed by atoms with Crippen molar-refractivity contribution in [2.45, 2.75) is 13.2 Å². The fourth-order valence-corrected chi connectivity index (χ4v) is 1.82. The zero-order valence-corrected chi connectivity index (χ0v) is 9.16. The fraction of sp³-hybridized carbons (Fsp3) is 0.500. The molecule has 88 valence electrons. The van der Waals surface area contributed by atoms with Crippen LogP contribution in [0.15, 0.2) is 18.2 Å². The van der Waals surface area contributed by atoms with E-state index in [4.69, 9.17) is 9.84 Å². The van der Waals surface area contributed by atoms with Crippen molar-refractivity contribution < 1.29 is 14.2 Å². The van der Waals surface area contributed by atoms with Gasteiger partial charge >= 0.3 is 0 Å². The molecule has 1 fully saturated rings. The molecular weight excluding hydrogens is 209 g/mol. The molecule has 0 aliphatic carbocycles. The van der Waals surface area contributed by atoms with Gasteiger partial charge in [0.15, 0.2) is 0 Å². The maximum atomic E-state index is 13.6. The second-order valence-corrected chi connectivity index (χ2v) is 3.97. The lowest BCUT2D eigenvalue weighted by Crippen LogP contribution is -2.35. The Hall–Kier alpha value is -0.970. The lowest BCUT2D eigenvalue weighted by Gasteiger charge is -2.26. The highest BCUT2D eigenvalue weighted by atomic mass is 19.1. The highest BCUT2D eigenvalue weighted by Crippen LogP contribution is 2.13. The molecule has 0 aromatic heterocycles. The number of ether oxygens (including phenoxy) is 1. The first-order chi connectivity index (χ1) is 7.79. The van der Waals surface area contributed by atoms with Gasteiger partial charge < -0.3 is 9.84 Å². The molecule has 2 rings (SSSR count). The number of morpholine rings is 1. The van der Waals surface area contributed by atoms with E-state index in [0.717, 1.165) is 26.3 Å². The maximum Gasteiger partial charge on any atom is 0.128 e. The van der Waals surface area contributed by atoms with Crippen LogP contribution in [0.5, 0.6) is 0 Å². The number of aliphatic hydroxyl groups excluding tert-OH is 1. The number of halogens is 1. The number of nitrogens with zero attached hydrogens (tertiary/aromatic N) is 1. The normalized spacial score (nSPS) is 17.6. The molecule has 0 bridgehead atoms. The molecule has 0 unspecified atom stereocenters. The summed E-state index contributed by atoms with van der Waals surface area (Å²) in [4.78, 5) is 2.17. The minimum Gasteiger partial charge on any atom is -0.392 e. The molecule has 16 heavy (non-hydrogen) atoms. The summed E-state index contributed by atoms with van der Waals surface area (Å²) in [7, 11) is 0. The first-order valence-corrected chi connectivity index (χ1v) is 5.48. The summed E-state index contributed by atoms with van der Waals surface area (Å²) in [6.45, 7) is 3.63. The number of aliphatic hydroxyl groups is 1. The van der Waals surface area contributed by atoms with Gasteiger partial charge in [0, 0.05) is 25.2 Å². The summed E-state index contributed by atoms with van der Waals surface area (Å²) >= 11 is 0. The van der Waals surface area contributed by atoms with Gasteiger partial charge in [-0.2, -0.15) is 0 Å². The molecule has 1 aliphatic rings. The van der Waals surface area contributed by atoms with Crippen LogP contribution in [0.2, 0.25) is 0 Å². The first-order valence-electron chi connectivity index (χ1n) is 5.48. The van der Waals surface area contributed by atoms with Crippen LogP contribution < -0.4 is 0 Å². The van der Waals surface area contributed by atoms with Gasteiger partial charge in [-0.05, 0) is 11.6 Å². The summed E-state index contributed by atoms with van der Waals surface area (Å²) in [5.41, 5.74) is 1.29. The predicted molar refractivity (Wildman–Crippen MR) is 58.4 cm³/mol. The molecule has 0 saturated carbocycles. The first kappa shape index (κ1) is 11.5. The highest BCUT2D eigenvalue weighted by molar-refractivity contribution is 5.24. The van der Waals surface area contributed by atoms with Crippen molar-refractivity contribution in [2.24, 2.45) is 0 Å². The van der Waals surface area contributed by atoms with Crippen LogP contribution in [0.25, 0.3) is 0 Å². The highest BCUT2D eigenvalue weighted by Gasteiger charge is 2.12. The molecule has 1 saturated heterocycles. The molecule has 1 aromatic rings. The second-order valence-electron chi connectivity index (χ2n) is 3.97. The van der Waals surface area contributed by atoms with Crippen LogP contribution in [0.4, 0.5) is 4.39 Å². The third-order valence-corrected chi connectivity index (χ3v) is 2.80. The van der Waals surface area contributed by atoms with Crippen molar-refractivity contribution in [3.05, 3.63) is 35.1 Å². The topological polar surface area (TPSA) is 32.7 Å². The van der Waals surface area contributed by atoms with E-state index in [0.29, 0.717) is 17.7 Å². The molecule has 0 spiro atoms. The van der Waals surface area contributed by atoms with Gasteiger partial charge in [0.1, 0.15) is 5.82 Å². The van der Waals surface area contributed by atoms with Crippen LogP contribution in [0, 0.1) is 5.82 Å². The Kier molecular flexibility index (Phi) is 3.88. The Morgan fingerprint density at radius 3 is 2.69 bits per heavy atom. The third kappa shape index (κ3) is 2.78. The molecule has 1 heterocycles. The lowest BCUT2D eigenvalue weighted by molar-refractivity contribution is 0.0337. The average molecular weight is 225 g/mol. The van der Waals surface area contributed by atoms with Crippen molar-refractivity contribution in [2.75, 3.05) is 26.3 Å². The summed E-state index contributed by atoms with van der Waals surface area (Å²) in [5, 5.41) is 8.88. The van der Waals surface area contributed by atoms with Crippen molar-refractivity contribution in [1.82, 2.24) is 4.90 Å². The van der Waals surface area contributed by atoms with Crippen molar-refractivity contribution in [1.29, 1.82) is 0 Å². The summed E-state index contributed by atoms with van der Waals surface area (Å²) in [6.07, 6.45) is 0. The van der Waals surface area contributed by atoms with Crippen LogP contribution in [0.3, 0.4) is 0 Å². The number of hydrogen-bond acceptors (Lipinski definition) is 3. The Labute approximate surface area is 94.4 Å². The van der Waals surface area contributed by atoms with Gasteiger partial charge in [0.2, 0.25) is 0 Å². The summed E-state index contributed by atoms with van der Waals surface area (Å²) in [5.74, 6) is -0.238. The van der Waals surface area contributed by atoms with Crippen LogP contribution in [-0.2, 0) is 17.9 Å². The lowest BCUT2D eigenvalue weighted by atomic mass is 10.1. The Bertz CT molecular complexity index is 351. The standard InChI is InChI=1S/C12H16FNO2/c13-12-7-10(9-15)1-2-11(12)8-14-3-5-16-6-4-14/h1-2,7,15H,3-6,8-9H2. The molecule has 1 aromatic carbocycles. The minimum absolute atomic E-state index is 0.116. The van der Waals surface area contributed by atoms with E-state index in [2.05, 4.69) is 4.90 Å². The molecule has 0 amide bonds. The molecule has 0 radical (unpaired) electrons. The average Bonchev–Trinajstić information content (AvgIpc) is 2.33. The van der Waals surface area contributed by atoms with Gasteiger partial charge in [-0.1, -0.05) is 12.1 Å². The van der Waals surface area contributed by atoms with E-state index in [1.807, 2.05) is 0 Å². The number of benzene rings is 1. The monoisotopic (exact) mass is 225 g/mol. The number of hydrogen-bond donors (Lipinski definition) is 1. The van der Waals surface area contributed by atoms with E-state index in [-0.39, 0.29) is 12.4 Å². The third-order valence-electron chi connectivity index (χ3n) is 2.80. The van der Waals surface area contributed by atoms with Crippen molar-refractivity contribution >= 4 is 0 Å². The van der Waals surface area contributed by atoms with Gasteiger partial charge in [-0.25, -0.2) is 4.39 Å². The smallest absolute Gasteiger partial charge is 0.128 e. The molecule has 1 aliphatic heterocycles. The molecular formula is C12H16FNO2. The fourth-order valence-electron chi connectivity index (χ4n) is 1.82. The van der Waals surface area contributed by atoms with Crippen molar-refractivity contribution in [3.8, 4) is 0 Å². The van der Waals surface area contributed by atoms with E-state index in [1.165, 1.54) is 6.07 Å². The predicted octanol–water partition coefficient (Wildman–Crippen LogP) is 1.15. The van der Waals surface area contributed by atoms with E-state index in [1.54, 1.807) is 12.1 Å². The quantitative estimate of drug-likeness (QED) is 0.837. The van der Waals surface area contributed by atoms with Gasteiger partial charge in [-0.15, -0.1) is 0 Å². The second kappa shape index (κ2) is 5.39. The molecule has 4 heteroatoms. The Morgan fingerprint density at radius 1 is 1.31 bits per heavy atom. The van der Waals surface area contributed by atoms with Gasteiger partial charge in [0.05, 0.1) is 19.8 Å². The van der Waals surface area contributed by atoms with Crippen LogP contribution in [0.1, 0.15) is 11.1 Å². The van der Waals surface area contributed by atoms with Crippen LogP contribution >= 0.6 is 0 Å². The van der Waals surface area contributed by atoms with Crippen LogP contribution in [-0.4, -0.2) is 36.3 Å². The molecule has 0 atom stereocenters. The van der Waals surface area contributed by atoms with E-state index < -0.39 is 0 Å². The molecule has 1 N–H and O–H groups in total. The summed E-state index contributed by atoms with van der Waals surface area (Å²) in [6, 6.07) is 4.91. The van der Waals surface area contributed by atoms with Gasteiger partial charge in [0.25, 0.3) is 0 Å². The van der Waals surface area contributed by atoms with Crippen molar-refractivity contribution in [3.63, 3.8) is 0 Å². The Balaban J connectivity index is 2.03. The zero-order valence-electron chi connectivity index (χ0n) is 9.16. The van der Waals surface area contributed by atoms with Gasteiger partial charge in [-0.3, -0.25) is 4.90 Å². The minimum atomic E-state index is -0.238. The zero-order chi connectivity index (χ0) is 11.4. The van der Waals surface area contributed by atoms with E-state index in [9.17, 15) is 4.39 Å². The van der Waals surface area contributed by atoms with E-state index >= 15 is 0 Å². The SMILES string of the molecule is OCc1ccc(CN2CCOCC2)c(F)c1. The largest absolute Gasteiger partial charge is 0.392 e. The summed E-state index contributed by atoms with van der Waals surface area (Å²) < 4.78 is 18.9. The molecule has 3 nitrogen and oxygen atoms in total.